The molecule has 0 bridgehead atoms. The molecule has 3 N–H and O–H groups in total. The highest BCUT2D eigenvalue weighted by molar-refractivity contribution is 5.92. The molecule has 0 aliphatic carbocycles. The zero-order valence-corrected chi connectivity index (χ0v) is 13.0. The van der Waals surface area contributed by atoms with E-state index in [1.54, 1.807) is 0 Å². The maximum Gasteiger partial charge on any atom is 0.238 e. The Morgan fingerprint density at radius 1 is 1.18 bits per heavy atom. The van der Waals surface area contributed by atoms with Crippen LogP contribution < -0.4 is 11.1 Å². The summed E-state index contributed by atoms with van der Waals surface area (Å²) in [5.74, 6) is 0.0740. The van der Waals surface area contributed by atoms with Gasteiger partial charge in [-0.05, 0) is 19.1 Å². The first kappa shape index (κ1) is 16.5. The lowest BCUT2D eigenvalue weighted by atomic mass is 10.2. The summed E-state index contributed by atoms with van der Waals surface area (Å²) in [7, 11) is 0. The Labute approximate surface area is 131 Å². The van der Waals surface area contributed by atoms with E-state index in [0.717, 1.165) is 5.69 Å². The van der Waals surface area contributed by atoms with Crippen molar-refractivity contribution in [2.45, 2.75) is 19.4 Å². The minimum atomic E-state index is -0.109. The first-order chi connectivity index (χ1) is 10.5. The van der Waals surface area contributed by atoms with E-state index in [1.807, 2.05) is 42.2 Å². The lowest BCUT2D eigenvalue weighted by molar-refractivity contribution is -0.133. The SMILES string of the molecule is CC(N)CC(=O)N1CCN(CC(=O)Nc2ccccc2)CC1. The molecule has 2 amide bonds. The third kappa shape index (κ3) is 5.13. The van der Waals surface area contributed by atoms with Crippen LogP contribution in [-0.4, -0.2) is 60.4 Å². The average Bonchev–Trinajstić information content (AvgIpc) is 2.48. The molecule has 1 saturated heterocycles. The Balaban J connectivity index is 1.73. The topological polar surface area (TPSA) is 78.7 Å². The summed E-state index contributed by atoms with van der Waals surface area (Å²) >= 11 is 0. The van der Waals surface area contributed by atoms with Crippen LogP contribution in [0.15, 0.2) is 30.3 Å². The first-order valence-corrected chi connectivity index (χ1v) is 7.65. The Kier molecular flexibility index (Phi) is 5.91. The number of nitrogens with two attached hydrogens (primary N) is 1. The van der Waals surface area contributed by atoms with Gasteiger partial charge in [-0.1, -0.05) is 18.2 Å². The number of para-hydroxylation sites is 1. The molecule has 0 spiro atoms. The molecule has 1 aliphatic rings. The molecule has 0 saturated carbocycles. The van der Waals surface area contributed by atoms with Crippen LogP contribution in [0, 0.1) is 0 Å². The smallest absolute Gasteiger partial charge is 0.238 e. The second-order valence-electron chi connectivity index (χ2n) is 5.75. The normalized spacial score (nSPS) is 17.1. The monoisotopic (exact) mass is 304 g/mol. The number of piperazine rings is 1. The highest BCUT2D eigenvalue weighted by atomic mass is 16.2. The summed E-state index contributed by atoms with van der Waals surface area (Å²) in [6.07, 6.45) is 0.383. The number of benzene rings is 1. The molecule has 1 aliphatic heterocycles. The first-order valence-electron chi connectivity index (χ1n) is 7.65. The van der Waals surface area contributed by atoms with Crippen molar-refractivity contribution >= 4 is 17.5 Å². The van der Waals surface area contributed by atoms with E-state index in [0.29, 0.717) is 39.1 Å². The molecule has 22 heavy (non-hydrogen) atoms. The van der Waals surface area contributed by atoms with Gasteiger partial charge in [0.15, 0.2) is 0 Å². The predicted molar refractivity (Wildman–Crippen MR) is 86.4 cm³/mol. The fourth-order valence-electron chi connectivity index (χ4n) is 2.49. The standard InChI is InChI=1S/C16H24N4O2/c1-13(17)11-16(22)20-9-7-19(8-10-20)12-15(21)18-14-5-3-2-4-6-14/h2-6,13H,7-12,17H2,1H3,(H,18,21). The molecular weight excluding hydrogens is 280 g/mol. The average molecular weight is 304 g/mol. The van der Waals surface area contributed by atoms with Gasteiger partial charge in [0.1, 0.15) is 0 Å². The van der Waals surface area contributed by atoms with Crippen LogP contribution in [0.5, 0.6) is 0 Å². The van der Waals surface area contributed by atoms with E-state index >= 15 is 0 Å². The van der Waals surface area contributed by atoms with Gasteiger partial charge in [0.2, 0.25) is 11.8 Å². The summed E-state index contributed by atoms with van der Waals surface area (Å²) in [5.41, 5.74) is 6.46. The van der Waals surface area contributed by atoms with Crippen LogP contribution in [-0.2, 0) is 9.59 Å². The van der Waals surface area contributed by atoms with Gasteiger partial charge in [-0.15, -0.1) is 0 Å². The highest BCUT2D eigenvalue weighted by Gasteiger charge is 2.22. The van der Waals surface area contributed by atoms with Crippen molar-refractivity contribution in [2.24, 2.45) is 5.73 Å². The molecule has 0 radical (unpaired) electrons. The fourth-order valence-corrected chi connectivity index (χ4v) is 2.49. The van der Waals surface area contributed by atoms with Crippen LogP contribution in [0.25, 0.3) is 0 Å². The molecule has 1 aromatic carbocycles. The van der Waals surface area contributed by atoms with Crippen LogP contribution in [0.1, 0.15) is 13.3 Å². The molecular formula is C16H24N4O2. The number of carbonyl (C=O) groups is 2. The second kappa shape index (κ2) is 7.91. The van der Waals surface area contributed by atoms with Gasteiger partial charge < -0.3 is 16.0 Å². The predicted octanol–water partition coefficient (Wildman–Crippen LogP) is 0.507. The molecule has 0 aromatic heterocycles. The van der Waals surface area contributed by atoms with E-state index in [-0.39, 0.29) is 17.9 Å². The van der Waals surface area contributed by atoms with Gasteiger partial charge in [-0.2, -0.15) is 0 Å². The van der Waals surface area contributed by atoms with Crippen LogP contribution in [0.3, 0.4) is 0 Å². The summed E-state index contributed by atoms with van der Waals surface area (Å²) < 4.78 is 0. The fraction of sp³-hybridized carbons (Fsp3) is 0.500. The number of amides is 2. The van der Waals surface area contributed by atoms with Crippen molar-refractivity contribution in [3.05, 3.63) is 30.3 Å². The van der Waals surface area contributed by atoms with E-state index < -0.39 is 0 Å². The number of nitrogens with one attached hydrogen (secondary N) is 1. The molecule has 120 valence electrons. The highest BCUT2D eigenvalue weighted by Crippen LogP contribution is 2.07. The van der Waals surface area contributed by atoms with Crippen molar-refractivity contribution in [1.29, 1.82) is 0 Å². The maximum absolute atomic E-state index is 12.0. The van der Waals surface area contributed by atoms with Crippen LogP contribution >= 0.6 is 0 Å². The largest absolute Gasteiger partial charge is 0.340 e. The van der Waals surface area contributed by atoms with Gasteiger partial charge in [0.05, 0.1) is 6.54 Å². The Bertz CT molecular complexity index is 496. The lowest BCUT2D eigenvalue weighted by Crippen LogP contribution is -2.51. The molecule has 2 rings (SSSR count). The van der Waals surface area contributed by atoms with Crippen molar-refractivity contribution in [2.75, 3.05) is 38.0 Å². The van der Waals surface area contributed by atoms with Crippen molar-refractivity contribution < 1.29 is 9.59 Å². The summed E-state index contributed by atoms with van der Waals surface area (Å²) in [4.78, 5) is 27.8. The van der Waals surface area contributed by atoms with Crippen LogP contribution in [0.2, 0.25) is 0 Å². The molecule has 1 aromatic rings. The minimum absolute atomic E-state index is 0.0263. The lowest BCUT2D eigenvalue weighted by Gasteiger charge is -2.34. The number of hydrogen-bond acceptors (Lipinski definition) is 4. The van der Waals surface area contributed by atoms with Gasteiger partial charge >= 0.3 is 0 Å². The number of carbonyl (C=O) groups excluding carboxylic acids is 2. The number of nitrogens with zero attached hydrogens (tertiary/aromatic N) is 2. The molecule has 1 heterocycles. The minimum Gasteiger partial charge on any atom is -0.340 e. The van der Waals surface area contributed by atoms with E-state index in [1.165, 1.54) is 0 Å². The van der Waals surface area contributed by atoms with Gasteiger partial charge in [0.25, 0.3) is 0 Å². The van der Waals surface area contributed by atoms with E-state index in [9.17, 15) is 9.59 Å². The summed E-state index contributed by atoms with van der Waals surface area (Å²) in [5, 5.41) is 2.87. The molecule has 1 fully saturated rings. The van der Waals surface area contributed by atoms with Crippen molar-refractivity contribution in [1.82, 2.24) is 9.80 Å². The van der Waals surface area contributed by atoms with E-state index in [4.69, 9.17) is 5.73 Å². The maximum atomic E-state index is 12.0. The number of rotatable bonds is 5. The van der Waals surface area contributed by atoms with Crippen LogP contribution in [0.4, 0.5) is 5.69 Å². The molecule has 6 heteroatoms. The third-order valence-electron chi connectivity index (χ3n) is 3.65. The summed E-state index contributed by atoms with van der Waals surface area (Å²) in [6, 6.07) is 9.30. The zero-order valence-electron chi connectivity index (χ0n) is 13.0. The van der Waals surface area contributed by atoms with Gasteiger partial charge in [-0.3, -0.25) is 14.5 Å². The van der Waals surface area contributed by atoms with Crippen molar-refractivity contribution in [3.63, 3.8) is 0 Å². The molecule has 6 nitrogen and oxygen atoms in total. The molecule has 1 atom stereocenters. The number of hydrogen-bond donors (Lipinski definition) is 2. The molecule has 1 unspecified atom stereocenters. The number of anilines is 1. The third-order valence-corrected chi connectivity index (χ3v) is 3.65. The zero-order chi connectivity index (χ0) is 15.9. The van der Waals surface area contributed by atoms with E-state index in [2.05, 4.69) is 10.2 Å². The Morgan fingerprint density at radius 3 is 2.41 bits per heavy atom. The van der Waals surface area contributed by atoms with Gasteiger partial charge in [-0.25, -0.2) is 0 Å². The Hall–Kier alpha value is -1.92. The van der Waals surface area contributed by atoms with Crippen molar-refractivity contribution in [3.8, 4) is 0 Å². The quantitative estimate of drug-likeness (QED) is 0.830. The summed E-state index contributed by atoms with van der Waals surface area (Å²) in [6.45, 7) is 4.93. The Morgan fingerprint density at radius 2 is 1.82 bits per heavy atom. The van der Waals surface area contributed by atoms with Gasteiger partial charge in [0, 0.05) is 44.3 Å². The second-order valence-corrected chi connectivity index (χ2v) is 5.75.